The van der Waals surface area contributed by atoms with Crippen LogP contribution in [0.4, 0.5) is 5.69 Å². The molecule has 0 aliphatic carbocycles. The number of nitro groups is 1. The van der Waals surface area contributed by atoms with E-state index in [9.17, 15) is 10.1 Å². The second kappa shape index (κ2) is 7.88. The minimum Gasteiger partial charge on any atom is -0.258 e. The van der Waals surface area contributed by atoms with Gasteiger partial charge in [-0.1, -0.05) is 72.8 Å². The summed E-state index contributed by atoms with van der Waals surface area (Å²) in [4.78, 5) is 10.7. The van der Waals surface area contributed by atoms with E-state index in [0.717, 1.165) is 27.6 Å². The van der Waals surface area contributed by atoms with Crippen molar-refractivity contribution in [2.24, 2.45) is 0 Å². The average molecular weight is 401 g/mol. The molecule has 148 valence electrons. The largest absolute Gasteiger partial charge is 0.269 e. The van der Waals surface area contributed by atoms with Crippen molar-refractivity contribution in [1.82, 2.24) is 0 Å². The van der Waals surface area contributed by atoms with Gasteiger partial charge in [-0.25, -0.2) is 0 Å². The Hall–Kier alpha value is -4.24. The van der Waals surface area contributed by atoms with Crippen molar-refractivity contribution in [3.8, 4) is 0 Å². The first-order valence-electron chi connectivity index (χ1n) is 10.1. The predicted molar refractivity (Wildman–Crippen MR) is 128 cm³/mol. The smallest absolute Gasteiger partial charge is 0.258 e. The molecule has 5 aromatic rings. The minimum absolute atomic E-state index is 0.0901. The number of fused-ring (bicyclic) bond motifs is 2. The van der Waals surface area contributed by atoms with Gasteiger partial charge in [0, 0.05) is 12.1 Å². The van der Waals surface area contributed by atoms with Gasteiger partial charge in [0.1, 0.15) is 0 Å². The highest BCUT2D eigenvalue weighted by Gasteiger charge is 2.10. The van der Waals surface area contributed by atoms with Crippen LogP contribution in [0.5, 0.6) is 0 Å². The molecule has 0 amide bonds. The van der Waals surface area contributed by atoms with Gasteiger partial charge in [-0.2, -0.15) is 0 Å². The van der Waals surface area contributed by atoms with E-state index in [1.807, 2.05) is 36.4 Å². The Balaban J connectivity index is 1.68. The van der Waals surface area contributed by atoms with Crippen LogP contribution in [0.3, 0.4) is 0 Å². The van der Waals surface area contributed by atoms with E-state index in [4.69, 9.17) is 0 Å². The average Bonchev–Trinajstić information content (AvgIpc) is 2.82. The summed E-state index contributed by atoms with van der Waals surface area (Å²) in [6, 6.07) is 36.1. The van der Waals surface area contributed by atoms with Crippen LogP contribution in [0.2, 0.25) is 0 Å². The lowest BCUT2D eigenvalue weighted by Gasteiger charge is -2.11. The van der Waals surface area contributed by atoms with Crippen LogP contribution in [0.1, 0.15) is 16.7 Å². The van der Waals surface area contributed by atoms with Crippen molar-refractivity contribution in [2.75, 3.05) is 0 Å². The summed E-state index contributed by atoms with van der Waals surface area (Å²) in [7, 11) is 0. The Morgan fingerprint density at radius 3 is 1.81 bits per heavy atom. The van der Waals surface area contributed by atoms with E-state index >= 15 is 0 Å². The summed E-state index contributed by atoms with van der Waals surface area (Å²) in [5.74, 6) is 0. The van der Waals surface area contributed by atoms with Gasteiger partial charge in [0.2, 0.25) is 0 Å². The third-order valence-electron chi connectivity index (χ3n) is 5.53. The zero-order valence-electron chi connectivity index (χ0n) is 16.7. The molecule has 0 heterocycles. The van der Waals surface area contributed by atoms with Crippen molar-refractivity contribution >= 4 is 38.9 Å². The maximum Gasteiger partial charge on any atom is 0.269 e. The summed E-state index contributed by atoms with van der Waals surface area (Å²) in [5.41, 5.74) is 4.21. The summed E-state index contributed by atoms with van der Waals surface area (Å²) in [6.07, 6.45) is 2.15. The number of nitrogens with zero attached hydrogens (tertiary/aromatic N) is 1. The van der Waals surface area contributed by atoms with Crippen molar-refractivity contribution < 1.29 is 4.92 Å². The standard InChI is InChI=1S/C28H19NO2/c30-29(31)27-15-13-23(14-16-27)28(26-12-11-22-6-2-4-8-25(22)19-26)18-20-9-10-21-5-1-3-7-24(21)17-20/h1-19H/b28-18-. The predicted octanol–water partition coefficient (Wildman–Crippen LogP) is 7.49. The second-order valence-corrected chi connectivity index (χ2v) is 7.53. The maximum absolute atomic E-state index is 11.1. The van der Waals surface area contributed by atoms with Crippen LogP contribution >= 0.6 is 0 Å². The van der Waals surface area contributed by atoms with Crippen molar-refractivity contribution in [1.29, 1.82) is 0 Å². The molecular formula is C28H19NO2. The van der Waals surface area contributed by atoms with E-state index in [0.29, 0.717) is 0 Å². The third kappa shape index (κ3) is 3.81. The van der Waals surface area contributed by atoms with Gasteiger partial charge in [0.05, 0.1) is 4.92 Å². The molecule has 0 fully saturated rings. The number of rotatable bonds is 4. The van der Waals surface area contributed by atoms with Gasteiger partial charge >= 0.3 is 0 Å². The molecule has 3 nitrogen and oxygen atoms in total. The Bertz CT molecular complexity index is 1450. The summed E-state index contributed by atoms with van der Waals surface area (Å²) < 4.78 is 0. The monoisotopic (exact) mass is 401 g/mol. The minimum atomic E-state index is -0.369. The Morgan fingerprint density at radius 1 is 0.613 bits per heavy atom. The fourth-order valence-corrected chi connectivity index (χ4v) is 3.92. The van der Waals surface area contributed by atoms with Gasteiger partial charge in [-0.05, 0) is 74.1 Å². The molecule has 0 aliphatic rings. The Morgan fingerprint density at radius 2 is 1.16 bits per heavy atom. The zero-order chi connectivity index (χ0) is 21.2. The van der Waals surface area contributed by atoms with E-state index < -0.39 is 0 Å². The lowest BCUT2D eigenvalue weighted by atomic mass is 9.93. The molecule has 0 aromatic heterocycles. The Labute approximate surface area is 180 Å². The highest BCUT2D eigenvalue weighted by Crippen LogP contribution is 2.30. The first-order chi connectivity index (χ1) is 15.2. The topological polar surface area (TPSA) is 43.1 Å². The summed E-state index contributed by atoms with van der Waals surface area (Å²) in [6.45, 7) is 0. The van der Waals surface area contributed by atoms with E-state index in [1.54, 1.807) is 12.1 Å². The van der Waals surface area contributed by atoms with E-state index in [-0.39, 0.29) is 10.6 Å². The number of hydrogen-bond donors (Lipinski definition) is 0. The first kappa shape index (κ1) is 18.8. The molecule has 0 spiro atoms. The number of benzene rings is 5. The first-order valence-corrected chi connectivity index (χ1v) is 10.1. The molecule has 5 aromatic carbocycles. The van der Waals surface area contributed by atoms with Crippen LogP contribution in [0.15, 0.2) is 109 Å². The van der Waals surface area contributed by atoms with Gasteiger partial charge in [0.25, 0.3) is 5.69 Å². The number of hydrogen-bond acceptors (Lipinski definition) is 2. The molecular weight excluding hydrogens is 382 g/mol. The van der Waals surface area contributed by atoms with E-state index in [1.165, 1.54) is 16.2 Å². The highest BCUT2D eigenvalue weighted by atomic mass is 16.6. The van der Waals surface area contributed by atoms with Gasteiger partial charge in [-0.15, -0.1) is 0 Å². The van der Waals surface area contributed by atoms with Gasteiger partial charge in [0.15, 0.2) is 0 Å². The van der Waals surface area contributed by atoms with Crippen molar-refractivity contribution in [3.05, 3.63) is 136 Å². The van der Waals surface area contributed by atoms with Crippen LogP contribution < -0.4 is 0 Å². The highest BCUT2D eigenvalue weighted by molar-refractivity contribution is 5.96. The lowest BCUT2D eigenvalue weighted by Crippen LogP contribution is -1.92. The fourth-order valence-electron chi connectivity index (χ4n) is 3.92. The number of nitro benzene ring substituents is 1. The molecule has 0 N–H and O–H groups in total. The molecule has 0 saturated heterocycles. The van der Waals surface area contributed by atoms with E-state index in [2.05, 4.69) is 66.7 Å². The quantitative estimate of drug-likeness (QED) is 0.178. The molecule has 0 atom stereocenters. The molecule has 3 heteroatoms. The van der Waals surface area contributed by atoms with Crippen LogP contribution in [0.25, 0.3) is 33.2 Å². The summed E-state index contributed by atoms with van der Waals surface area (Å²) in [5, 5.41) is 15.8. The molecule has 0 bridgehead atoms. The van der Waals surface area contributed by atoms with Crippen LogP contribution in [0, 0.1) is 10.1 Å². The molecule has 31 heavy (non-hydrogen) atoms. The normalized spacial score (nSPS) is 11.7. The van der Waals surface area contributed by atoms with Gasteiger partial charge < -0.3 is 0 Å². The van der Waals surface area contributed by atoms with Crippen LogP contribution in [-0.4, -0.2) is 4.92 Å². The molecule has 0 aliphatic heterocycles. The van der Waals surface area contributed by atoms with Crippen LogP contribution in [-0.2, 0) is 0 Å². The lowest BCUT2D eigenvalue weighted by molar-refractivity contribution is -0.384. The molecule has 5 rings (SSSR count). The summed E-state index contributed by atoms with van der Waals surface area (Å²) >= 11 is 0. The number of non-ortho nitro benzene ring substituents is 1. The second-order valence-electron chi connectivity index (χ2n) is 7.53. The SMILES string of the molecule is O=[N+]([O-])c1ccc(/C(=C/c2ccc3ccccc3c2)c2ccc3ccccc3c2)cc1. The fraction of sp³-hybridized carbons (Fsp3) is 0. The zero-order valence-corrected chi connectivity index (χ0v) is 16.7. The maximum atomic E-state index is 11.1. The Kier molecular flexibility index (Phi) is 4.77. The molecule has 0 unspecified atom stereocenters. The van der Waals surface area contributed by atoms with Crippen molar-refractivity contribution in [2.45, 2.75) is 0 Å². The van der Waals surface area contributed by atoms with Gasteiger partial charge in [-0.3, -0.25) is 10.1 Å². The molecule has 0 saturated carbocycles. The van der Waals surface area contributed by atoms with Crippen molar-refractivity contribution in [3.63, 3.8) is 0 Å². The third-order valence-corrected chi connectivity index (χ3v) is 5.53. The molecule has 0 radical (unpaired) electrons.